The Balaban J connectivity index is 2.28. The predicted octanol–water partition coefficient (Wildman–Crippen LogP) is 1.27. The molecule has 0 aromatic heterocycles. The average Bonchev–Trinajstić information content (AvgIpc) is 2.35. The second-order valence-electron chi connectivity index (χ2n) is 4.61. The third-order valence-electron chi connectivity index (χ3n) is 3.36. The molecule has 1 atom stereocenters. The van der Waals surface area contributed by atoms with Crippen molar-refractivity contribution in [3.05, 3.63) is 35.4 Å². The maximum Gasteiger partial charge on any atom is 0.220 e. The van der Waals surface area contributed by atoms with Crippen molar-refractivity contribution in [2.24, 2.45) is 0 Å². The van der Waals surface area contributed by atoms with Crippen LogP contribution in [0.25, 0.3) is 0 Å². The fourth-order valence-electron chi connectivity index (χ4n) is 2.49. The van der Waals surface area contributed by atoms with E-state index in [1.807, 2.05) is 23.1 Å². The Morgan fingerprint density at radius 2 is 2.06 bits per heavy atom. The summed E-state index contributed by atoms with van der Waals surface area (Å²) in [6.45, 7) is 4.27. The van der Waals surface area contributed by atoms with E-state index in [2.05, 4.69) is 11.4 Å². The van der Waals surface area contributed by atoms with E-state index in [9.17, 15) is 9.59 Å². The molecular formula is C14H18N2O2. The molecule has 2 rings (SSSR count). The van der Waals surface area contributed by atoms with Gasteiger partial charge in [-0.05, 0) is 17.5 Å². The first kappa shape index (κ1) is 12.6. The molecule has 1 aliphatic rings. The van der Waals surface area contributed by atoms with Crippen LogP contribution in [0.4, 0.5) is 0 Å². The zero-order valence-corrected chi connectivity index (χ0v) is 10.8. The summed E-state index contributed by atoms with van der Waals surface area (Å²) >= 11 is 0. The van der Waals surface area contributed by atoms with Crippen molar-refractivity contribution >= 4 is 11.8 Å². The first-order chi connectivity index (χ1) is 8.59. The highest BCUT2D eigenvalue weighted by molar-refractivity contribution is 5.75. The highest BCUT2D eigenvalue weighted by Crippen LogP contribution is 2.29. The second kappa shape index (κ2) is 5.21. The summed E-state index contributed by atoms with van der Waals surface area (Å²) in [6.07, 6.45) is 0.881. The normalized spacial score (nSPS) is 18.1. The maximum absolute atomic E-state index is 11.7. The Labute approximate surface area is 107 Å². The molecule has 0 spiro atoms. The molecular weight excluding hydrogens is 228 g/mol. The Hall–Kier alpha value is -1.84. The molecule has 0 fully saturated rings. The molecule has 4 nitrogen and oxygen atoms in total. The van der Waals surface area contributed by atoms with E-state index in [0.29, 0.717) is 6.54 Å². The third-order valence-corrected chi connectivity index (χ3v) is 3.36. The summed E-state index contributed by atoms with van der Waals surface area (Å²) in [6, 6.07) is 8.07. The summed E-state index contributed by atoms with van der Waals surface area (Å²) < 4.78 is 0. The summed E-state index contributed by atoms with van der Waals surface area (Å²) in [5.41, 5.74) is 2.41. The van der Waals surface area contributed by atoms with Crippen LogP contribution >= 0.6 is 0 Å². The van der Waals surface area contributed by atoms with Crippen molar-refractivity contribution in [2.45, 2.75) is 26.3 Å². The number of fused-ring (bicyclic) bond motifs is 1. The number of rotatable bonds is 2. The zero-order valence-electron chi connectivity index (χ0n) is 10.8. The number of hydrogen-bond donors (Lipinski definition) is 1. The minimum Gasteiger partial charge on any atom is -0.354 e. The zero-order chi connectivity index (χ0) is 13.1. The van der Waals surface area contributed by atoms with Crippen LogP contribution in [0.1, 0.15) is 31.0 Å². The smallest absolute Gasteiger partial charge is 0.220 e. The van der Waals surface area contributed by atoms with Gasteiger partial charge in [0.1, 0.15) is 0 Å². The van der Waals surface area contributed by atoms with Gasteiger partial charge in [0, 0.05) is 26.9 Å². The molecule has 4 heteroatoms. The van der Waals surface area contributed by atoms with Gasteiger partial charge in [-0.25, -0.2) is 0 Å². The topological polar surface area (TPSA) is 49.4 Å². The molecule has 1 aromatic rings. The lowest BCUT2D eigenvalue weighted by Gasteiger charge is -2.36. The molecule has 0 bridgehead atoms. The maximum atomic E-state index is 11.7. The van der Waals surface area contributed by atoms with Crippen LogP contribution in [0.2, 0.25) is 0 Å². The average molecular weight is 246 g/mol. The van der Waals surface area contributed by atoms with Crippen LogP contribution in [-0.4, -0.2) is 29.8 Å². The lowest BCUT2D eigenvalue weighted by molar-refractivity contribution is -0.132. The summed E-state index contributed by atoms with van der Waals surface area (Å²) in [5, 5.41) is 2.81. The van der Waals surface area contributed by atoms with Crippen LogP contribution in [-0.2, 0) is 16.0 Å². The molecule has 1 aliphatic heterocycles. The monoisotopic (exact) mass is 246 g/mol. The molecule has 1 heterocycles. The number of hydrogen-bond acceptors (Lipinski definition) is 2. The van der Waals surface area contributed by atoms with Crippen LogP contribution in [0, 0.1) is 0 Å². The van der Waals surface area contributed by atoms with E-state index >= 15 is 0 Å². The van der Waals surface area contributed by atoms with Crippen LogP contribution in [0.5, 0.6) is 0 Å². The van der Waals surface area contributed by atoms with Gasteiger partial charge in [-0.2, -0.15) is 0 Å². The van der Waals surface area contributed by atoms with Gasteiger partial charge >= 0.3 is 0 Å². The summed E-state index contributed by atoms with van der Waals surface area (Å²) in [7, 11) is 0. The minimum absolute atomic E-state index is 0.0450. The molecule has 96 valence electrons. The number of amides is 2. The van der Waals surface area contributed by atoms with E-state index in [1.54, 1.807) is 6.92 Å². The standard InChI is InChI=1S/C14H18N2O2/c1-10(17)15-9-14-13-6-4-3-5-12(13)7-8-16(14)11(2)18/h3-6,14H,7-9H2,1-2H3,(H,15,17). The van der Waals surface area contributed by atoms with E-state index in [0.717, 1.165) is 18.5 Å². The van der Waals surface area contributed by atoms with Crippen molar-refractivity contribution in [3.63, 3.8) is 0 Å². The van der Waals surface area contributed by atoms with Crippen molar-refractivity contribution < 1.29 is 9.59 Å². The lowest BCUT2D eigenvalue weighted by Crippen LogP contribution is -2.43. The number of benzene rings is 1. The Bertz CT molecular complexity index is 471. The van der Waals surface area contributed by atoms with Gasteiger partial charge in [0.05, 0.1) is 6.04 Å². The van der Waals surface area contributed by atoms with Crippen molar-refractivity contribution in [3.8, 4) is 0 Å². The largest absolute Gasteiger partial charge is 0.354 e. The molecule has 0 aliphatic carbocycles. The third kappa shape index (κ3) is 2.53. The first-order valence-electron chi connectivity index (χ1n) is 6.19. The summed E-state index contributed by atoms with van der Waals surface area (Å²) in [5.74, 6) is -0.0126. The quantitative estimate of drug-likeness (QED) is 0.854. The van der Waals surface area contributed by atoms with Crippen LogP contribution < -0.4 is 5.32 Å². The molecule has 0 saturated heterocycles. The minimum atomic E-state index is -0.0680. The highest BCUT2D eigenvalue weighted by Gasteiger charge is 2.28. The summed E-state index contributed by atoms with van der Waals surface area (Å²) in [4.78, 5) is 24.6. The number of carbonyl (C=O) groups excluding carboxylic acids is 2. The Morgan fingerprint density at radius 1 is 1.33 bits per heavy atom. The van der Waals surface area contributed by atoms with E-state index in [-0.39, 0.29) is 17.9 Å². The number of nitrogens with zero attached hydrogens (tertiary/aromatic N) is 1. The molecule has 1 N–H and O–H groups in total. The number of carbonyl (C=O) groups is 2. The molecule has 1 aromatic carbocycles. The Kier molecular flexibility index (Phi) is 3.65. The van der Waals surface area contributed by atoms with E-state index in [4.69, 9.17) is 0 Å². The molecule has 0 saturated carbocycles. The number of nitrogens with one attached hydrogen (secondary N) is 1. The van der Waals surface area contributed by atoms with Crippen molar-refractivity contribution in [1.29, 1.82) is 0 Å². The first-order valence-corrected chi connectivity index (χ1v) is 6.19. The van der Waals surface area contributed by atoms with Crippen LogP contribution in [0.3, 0.4) is 0 Å². The van der Waals surface area contributed by atoms with Gasteiger partial charge in [-0.3, -0.25) is 9.59 Å². The van der Waals surface area contributed by atoms with Gasteiger partial charge in [0.2, 0.25) is 11.8 Å². The Morgan fingerprint density at radius 3 is 2.72 bits per heavy atom. The van der Waals surface area contributed by atoms with Gasteiger partial charge in [0.25, 0.3) is 0 Å². The van der Waals surface area contributed by atoms with E-state index in [1.165, 1.54) is 12.5 Å². The fraction of sp³-hybridized carbons (Fsp3) is 0.429. The molecule has 2 amide bonds. The predicted molar refractivity (Wildman–Crippen MR) is 69.0 cm³/mol. The molecule has 0 radical (unpaired) electrons. The van der Waals surface area contributed by atoms with E-state index < -0.39 is 0 Å². The van der Waals surface area contributed by atoms with Crippen molar-refractivity contribution in [1.82, 2.24) is 10.2 Å². The molecule has 1 unspecified atom stereocenters. The SMILES string of the molecule is CC(=O)NCC1c2ccccc2CCN1C(C)=O. The van der Waals surface area contributed by atoms with Crippen molar-refractivity contribution in [2.75, 3.05) is 13.1 Å². The van der Waals surface area contributed by atoms with Crippen LogP contribution in [0.15, 0.2) is 24.3 Å². The van der Waals surface area contributed by atoms with Gasteiger partial charge in [-0.1, -0.05) is 24.3 Å². The van der Waals surface area contributed by atoms with Gasteiger partial charge in [0.15, 0.2) is 0 Å². The van der Waals surface area contributed by atoms with Gasteiger partial charge < -0.3 is 10.2 Å². The molecule has 18 heavy (non-hydrogen) atoms. The second-order valence-corrected chi connectivity index (χ2v) is 4.61. The fourth-order valence-corrected chi connectivity index (χ4v) is 2.49. The lowest BCUT2D eigenvalue weighted by atomic mass is 9.92. The highest BCUT2D eigenvalue weighted by atomic mass is 16.2. The van der Waals surface area contributed by atoms with Gasteiger partial charge in [-0.15, -0.1) is 0 Å².